The molecule has 1 aromatic carbocycles. The van der Waals surface area contributed by atoms with Crippen LogP contribution in [0.4, 0.5) is 0 Å². The first-order valence-corrected chi connectivity index (χ1v) is 9.32. The van der Waals surface area contributed by atoms with Gasteiger partial charge in [-0.05, 0) is 37.6 Å². The highest BCUT2D eigenvalue weighted by atomic mass is 32.2. The fraction of sp³-hybridized carbons (Fsp3) is 0.625. The molecule has 5 heteroatoms. The SMILES string of the molecule is CCCCCCNS(=O)(=O)c1ccc(C(C)NCC)cc1. The summed E-state index contributed by atoms with van der Waals surface area (Å²) in [6.07, 6.45) is 4.26. The molecule has 4 nitrogen and oxygen atoms in total. The average molecular weight is 312 g/mol. The van der Waals surface area contributed by atoms with Gasteiger partial charge < -0.3 is 5.32 Å². The van der Waals surface area contributed by atoms with Crippen LogP contribution in [0.2, 0.25) is 0 Å². The van der Waals surface area contributed by atoms with Crippen molar-refractivity contribution >= 4 is 10.0 Å². The van der Waals surface area contributed by atoms with Gasteiger partial charge in [0, 0.05) is 12.6 Å². The number of sulfonamides is 1. The van der Waals surface area contributed by atoms with Gasteiger partial charge in [0.1, 0.15) is 0 Å². The summed E-state index contributed by atoms with van der Waals surface area (Å²) < 4.78 is 27.0. The quantitative estimate of drug-likeness (QED) is 0.652. The third kappa shape index (κ3) is 6.16. The Bertz CT molecular complexity index is 498. The molecule has 0 spiro atoms. The smallest absolute Gasteiger partial charge is 0.240 e. The number of nitrogens with one attached hydrogen (secondary N) is 2. The Morgan fingerprint density at radius 3 is 2.29 bits per heavy atom. The second-order valence-corrected chi connectivity index (χ2v) is 7.07. The third-order valence-corrected chi connectivity index (χ3v) is 5.00. The maximum absolute atomic E-state index is 12.1. The minimum Gasteiger partial charge on any atom is -0.310 e. The van der Waals surface area contributed by atoms with Crippen molar-refractivity contribution in [3.63, 3.8) is 0 Å². The summed E-state index contributed by atoms with van der Waals surface area (Å²) in [7, 11) is -3.37. The third-order valence-electron chi connectivity index (χ3n) is 3.52. The molecule has 0 saturated carbocycles. The molecule has 0 fully saturated rings. The van der Waals surface area contributed by atoms with E-state index in [1.54, 1.807) is 12.1 Å². The summed E-state index contributed by atoms with van der Waals surface area (Å²) in [5.74, 6) is 0. The summed E-state index contributed by atoms with van der Waals surface area (Å²) in [6.45, 7) is 7.66. The lowest BCUT2D eigenvalue weighted by atomic mass is 10.1. The van der Waals surface area contributed by atoms with E-state index < -0.39 is 10.0 Å². The molecule has 1 atom stereocenters. The molecule has 0 aliphatic carbocycles. The molecule has 0 aromatic heterocycles. The van der Waals surface area contributed by atoms with Gasteiger partial charge in [0.25, 0.3) is 0 Å². The van der Waals surface area contributed by atoms with Gasteiger partial charge in [0.05, 0.1) is 4.90 Å². The molecule has 0 bridgehead atoms. The van der Waals surface area contributed by atoms with E-state index in [1.807, 2.05) is 12.1 Å². The van der Waals surface area contributed by atoms with Crippen LogP contribution in [0.15, 0.2) is 29.2 Å². The normalized spacial score (nSPS) is 13.3. The minimum atomic E-state index is -3.37. The molecule has 120 valence electrons. The van der Waals surface area contributed by atoms with Crippen molar-refractivity contribution in [2.75, 3.05) is 13.1 Å². The molecular formula is C16H28N2O2S. The highest BCUT2D eigenvalue weighted by molar-refractivity contribution is 7.89. The molecule has 1 aromatic rings. The second-order valence-electron chi connectivity index (χ2n) is 5.31. The lowest BCUT2D eigenvalue weighted by Crippen LogP contribution is -2.25. The predicted octanol–water partition coefficient (Wildman–Crippen LogP) is 3.22. The van der Waals surface area contributed by atoms with E-state index >= 15 is 0 Å². The largest absolute Gasteiger partial charge is 0.310 e. The van der Waals surface area contributed by atoms with Crippen molar-refractivity contribution in [2.45, 2.75) is 57.4 Å². The van der Waals surface area contributed by atoms with Crippen LogP contribution >= 0.6 is 0 Å². The Kier molecular flexibility index (Phi) is 7.93. The van der Waals surface area contributed by atoms with Crippen molar-refractivity contribution in [3.8, 4) is 0 Å². The van der Waals surface area contributed by atoms with Gasteiger partial charge >= 0.3 is 0 Å². The standard InChI is InChI=1S/C16H28N2O2S/c1-4-6-7-8-13-18-21(19,20)16-11-9-15(10-12-16)14(3)17-5-2/h9-12,14,17-18H,4-8,13H2,1-3H3. The van der Waals surface area contributed by atoms with E-state index in [2.05, 4.69) is 30.8 Å². The van der Waals surface area contributed by atoms with E-state index in [0.29, 0.717) is 11.4 Å². The predicted molar refractivity (Wildman–Crippen MR) is 87.9 cm³/mol. The summed E-state index contributed by atoms with van der Waals surface area (Å²) in [4.78, 5) is 0.338. The van der Waals surface area contributed by atoms with Crippen LogP contribution < -0.4 is 10.0 Å². The molecule has 0 amide bonds. The zero-order valence-corrected chi connectivity index (χ0v) is 14.2. The zero-order chi connectivity index (χ0) is 15.7. The Morgan fingerprint density at radius 2 is 1.71 bits per heavy atom. The lowest BCUT2D eigenvalue weighted by Gasteiger charge is -2.13. The van der Waals surface area contributed by atoms with Gasteiger partial charge in [-0.2, -0.15) is 0 Å². The Balaban J connectivity index is 2.59. The van der Waals surface area contributed by atoms with Crippen LogP contribution in [-0.2, 0) is 10.0 Å². The van der Waals surface area contributed by atoms with Gasteiger partial charge in [-0.25, -0.2) is 13.1 Å². The summed E-state index contributed by atoms with van der Waals surface area (Å²) in [6, 6.07) is 7.33. The first-order valence-electron chi connectivity index (χ1n) is 7.84. The van der Waals surface area contributed by atoms with Crippen molar-refractivity contribution in [1.29, 1.82) is 0 Å². The first-order chi connectivity index (χ1) is 10.0. The summed E-state index contributed by atoms with van der Waals surface area (Å²) >= 11 is 0. The van der Waals surface area contributed by atoms with E-state index in [4.69, 9.17) is 0 Å². The van der Waals surface area contributed by atoms with E-state index in [-0.39, 0.29) is 6.04 Å². The van der Waals surface area contributed by atoms with Crippen LogP contribution in [0.3, 0.4) is 0 Å². The molecule has 1 unspecified atom stereocenters. The monoisotopic (exact) mass is 312 g/mol. The minimum absolute atomic E-state index is 0.230. The molecule has 1 rings (SSSR count). The molecule has 0 saturated heterocycles. The number of rotatable bonds is 10. The van der Waals surface area contributed by atoms with Crippen LogP contribution in [0, 0.1) is 0 Å². The number of hydrogen-bond acceptors (Lipinski definition) is 3. The van der Waals surface area contributed by atoms with Crippen molar-refractivity contribution in [3.05, 3.63) is 29.8 Å². The fourth-order valence-corrected chi connectivity index (χ4v) is 3.28. The second kappa shape index (κ2) is 9.18. The van der Waals surface area contributed by atoms with Gasteiger partial charge in [0.15, 0.2) is 0 Å². The Labute approximate surface area is 129 Å². The molecule has 2 N–H and O–H groups in total. The highest BCUT2D eigenvalue weighted by Gasteiger charge is 2.13. The van der Waals surface area contributed by atoms with Gasteiger partial charge in [0.2, 0.25) is 10.0 Å². The molecule has 0 heterocycles. The van der Waals surface area contributed by atoms with E-state index in [9.17, 15) is 8.42 Å². The molecule has 0 aliphatic heterocycles. The van der Waals surface area contributed by atoms with Crippen LogP contribution in [0.1, 0.15) is 58.1 Å². The number of unbranched alkanes of at least 4 members (excludes halogenated alkanes) is 3. The van der Waals surface area contributed by atoms with E-state index in [1.165, 1.54) is 0 Å². The van der Waals surface area contributed by atoms with Crippen LogP contribution in [-0.4, -0.2) is 21.5 Å². The van der Waals surface area contributed by atoms with Crippen molar-refractivity contribution in [2.24, 2.45) is 0 Å². The average Bonchev–Trinajstić information content (AvgIpc) is 2.47. The lowest BCUT2D eigenvalue weighted by molar-refractivity contribution is 0.573. The first kappa shape index (κ1) is 18.1. The van der Waals surface area contributed by atoms with Crippen molar-refractivity contribution < 1.29 is 8.42 Å². The summed E-state index contributed by atoms with van der Waals surface area (Å²) in [5, 5.41) is 3.31. The Hall–Kier alpha value is -0.910. The van der Waals surface area contributed by atoms with Gasteiger partial charge in [-0.15, -0.1) is 0 Å². The number of hydrogen-bond donors (Lipinski definition) is 2. The topological polar surface area (TPSA) is 58.2 Å². The van der Waals surface area contributed by atoms with Gasteiger partial charge in [-0.3, -0.25) is 0 Å². The number of benzene rings is 1. The van der Waals surface area contributed by atoms with E-state index in [0.717, 1.165) is 37.8 Å². The molecular weight excluding hydrogens is 284 g/mol. The van der Waals surface area contributed by atoms with Crippen molar-refractivity contribution in [1.82, 2.24) is 10.0 Å². The zero-order valence-electron chi connectivity index (χ0n) is 13.4. The maximum atomic E-state index is 12.1. The summed E-state index contributed by atoms with van der Waals surface area (Å²) in [5.41, 5.74) is 1.10. The fourth-order valence-electron chi connectivity index (χ4n) is 2.20. The molecule has 0 aliphatic rings. The van der Waals surface area contributed by atoms with Crippen LogP contribution in [0.5, 0.6) is 0 Å². The van der Waals surface area contributed by atoms with Crippen LogP contribution in [0.25, 0.3) is 0 Å². The molecule has 0 radical (unpaired) electrons. The highest BCUT2D eigenvalue weighted by Crippen LogP contribution is 2.16. The van der Waals surface area contributed by atoms with Gasteiger partial charge in [-0.1, -0.05) is 45.2 Å². The maximum Gasteiger partial charge on any atom is 0.240 e. The Morgan fingerprint density at radius 1 is 1.05 bits per heavy atom. The molecule has 21 heavy (non-hydrogen) atoms.